The zero-order valence-corrected chi connectivity index (χ0v) is 15.8. The lowest BCUT2D eigenvalue weighted by atomic mass is 9.72. The van der Waals surface area contributed by atoms with E-state index in [0.29, 0.717) is 37.2 Å². The second-order valence-electron chi connectivity index (χ2n) is 7.78. The molecule has 146 valence electrons. The summed E-state index contributed by atoms with van der Waals surface area (Å²) >= 11 is 0. The Hall–Kier alpha value is -2.57. The number of benzene rings is 1. The summed E-state index contributed by atoms with van der Waals surface area (Å²) in [5.41, 5.74) is 0.959. The van der Waals surface area contributed by atoms with Crippen molar-refractivity contribution in [2.75, 3.05) is 19.6 Å². The summed E-state index contributed by atoms with van der Waals surface area (Å²) < 4.78 is 0. The molecule has 2 heterocycles. The molecule has 2 N–H and O–H groups in total. The second kappa shape index (κ2) is 7.21. The van der Waals surface area contributed by atoms with Gasteiger partial charge in [-0.15, -0.1) is 0 Å². The zero-order valence-electron chi connectivity index (χ0n) is 15.8. The molecule has 0 radical (unpaired) electrons. The van der Waals surface area contributed by atoms with Gasteiger partial charge in [0.05, 0.1) is 0 Å². The van der Waals surface area contributed by atoms with Gasteiger partial charge in [-0.1, -0.05) is 6.07 Å². The summed E-state index contributed by atoms with van der Waals surface area (Å²) in [6.45, 7) is 4.84. The molecule has 27 heavy (non-hydrogen) atoms. The first kappa shape index (κ1) is 19.2. The average Bonchev–Trinajstić information content (AvgIpc) is 2.65. The maximum absolute atomic E-state index is 12.8. The quantitative estimate of drug-likeness (QED) is 0.843. The van der Waals surface area contributed by atoms with E-state index in [4.69, 9.17) is 0 Å². The van der Waals surface area contributed by atoms with E-state index < -0.39 is 12.0 Å². The third-order valence-corrected chi connectivity index (χ3v) is 6.17. The van der Waals surface area contributed by atoms with E-state index in [0.717, 1.165) is 19.3 Å². The first-order chi connectivity index (χ1) is 12.7. The number of carboxylic acid groups (broad SMARTS) is 1. The Morgan fingerprint density at radius 2 is 1.85 bits per heavy atom. The van der Waals surface area contributed by atoms with Crippen molar-refractivity contribution in [3.05, 3.63) is 29.3 Å². The van der Waals surface area contributed by atoms with Crippen molar-refractivity contribution in [1.82, 2.24) is 9.80 Å². The SMILES string of the molecule is Cc1c(O)cccc1C(=O)N1CCC2(CCC(=O)N([C@H](C)C(=O)O)C2)CC1. The molecule has 2 amide bonds. The van der Waals surface area contributed by atoms with Crippen LogP contribution >= 0.6 is 0 Å². The smallest absolute Gasteiger partial charge is 0.326 e. The molecule has 2 aliphatic rings. The van der Waals surface area contributed by atoms with Crippen molar-refractivity contribution >= 4 is 17.8 Å². The van der Waals surface area contributed by atoms with Crippen LogP contribution in [0.1, 0.15) is 48.5 Å². The number of carbonyl (C=O) groups excluding carboxylic acids is 2. The Morgan fingerprint density at radius 1 is 1.19 bits per heavy atom. The minimum absolute atomic E-state index is 0.0964. The molecule has 1 aromatic carbocycles. The Morgan fingerprint density at radius 3 is 2.48 bits per heavy atom. The molecule has 1 spiro atoms. The summed E-state index contributed by atoms with van der Waals surface area (Å²) in [6.07, 6.45) is 2.58. The molecule has 2 saturated heterocycles. The molecule has 2 fully saturated rings. The van der Waals surface area contributed by atoms with Gasteiger partial charge in [0.25, 0.3) is 5.91 Å². The summed E-state index contributed by atoms with van der Waals surface area (Å²) in [6, 6.07) is 4.12. The van der Waals surface area contributed by atoms with E-state index in [1.807, 2.05) is 0 Å². The molecule has 0 unspecified atom stereocenters. The number of hydrogen-bond donors (Lipinski definition) is 2. The number of rotatable bonds is 3. The fourth-order valence-corrected chi connectivity index (χ4v) is 4.15. The number of amides is 2. The molecule has 0 saturated carbocycles. The van der Waals surface area contributed by atoms with Crippen LogP contribution in [0.15, 0.2) is 18.2 Å². The van der Waals surface area contributed by atoms with Crippen molar-refractivity contribution in [1.29, 1.82) is 0 Å². The Kier molecular flexibility index (Phi) is 5.13. The van der Waals surface area contributed by atoms with Gasteiger partial charge in [0.2, 0.25) is 5.91 Å². The summed E-state index contributed by atoms with van der Waals surface area (Å²) in [5, 5.41) is 19.1. The van der Waals surface area contributed by atoms with E-state index >= 15 is 0 Å². The maximum atomic E-state index is 12.8. The summed E-state index contributed by atoms with van der Waals surface area (Å²) in [5.74, 6) is -1.09. The first-order valence-corrected chi connectivity index (χ1v) is 9.34. The number of phenolic OH excluding ortho intramolecular Hbond substituents is 1. The summed E-state index contributed by atoms with van der Waals surface area (Å²) in [7, 11) is 0. The fourth-order valence-electron chi connectivity index (χ4n) is 4.15. The third-order valence-electron chi connectivity index (χ3n) is 6.17. The standard InChI is InChI=1S/C20H26N2O5/c1-13-15(4-3-5-16(13)23)18(25)21-10-8-20(9-11-21)7-6-17(24)22(12-20)14(2)19(26)27/h3-5,14,23H,6-12H2,1-2H3,(H,26,27)/t14-/m1/s1. The van der Waals surface area contributed by atoms with E-state index in [9.17, 15) is 24.6 Å². The third kappa shape index (κ3) is 3.63. The Bertz CT molecular complexity index is 768. The van der Waals surface area contributed by atoms with Crippen LogP contribution in [0, 0.1) is 12.3 Å². The number of nitrogens with zero attached hydrogens (tertiary/aromatic N) is 2. The molecule has 0 aliphatic carbocycles. The molecule has 3 rings (SSSR count). The first-order valence-electron chi connectivity index (χ1n) is 9.34. The van der Waals surface area contributed by atoms with Crippen LogP contribution in [0.25, 0.3) is 0 Å². The van der Waals surface area contributed by atoms with E-state index in [2.05, 4.69) is 0 Å². The van der Waals surface area contributed by atoms with Crippen LogP contribution in [0.3, 0.4) is 0 Å². The number of carboxylic acids is 1. The zero-order chi connectivity index (χ0) is 19.8. The van der Waals surface area contributed by atoms with Crippen LogP contribution in [-0.4, -0.2) is 63.5 Å². The topological polar surface area (TPSA) is 98.2 Å². The van der Waals surface area contributed by atoms with Crippen LogP contribution < -0.4 is 0 Å². The van der Waals surface area contributed by atoms with Crippen molar-refractivity contribution in [2.45, 2.75) is 45.6 Å². The van der Waals surface area contributed by atoms with Crippen molar-refractivity contribution < 1.29 is 24.6 Å². The van der Waals surface area contributed by atoms with Gasteiger partial charge in [0.15, 0.2) is 0 Å². The van der Waals surface area contributed by atoms with E-state index in [1.54, 1.807) is 36.9 Å². The predicted molar refractivity (Wildman–Crippen MR) is 98.5 cm³/mol. The number of aromatic hydroxyl groups is 1. The number of aliphatic carboxylic acids is 1. The molecule has 7 nitrogen and oxygen atoms in total. The van der Waals surface area contributed by atoms with Gasteiger partial charge in [0.1, 0.15) is 11.8 Å². The van der Waals surface area contributed by atoms with Gasteiger partial charge in [0, 0.05) is 37.2 Å². The lowest BCUT2D eigenvalue weighted by Crippen LogP contribution is -2.55. The number of carbonyl (C=O) groups is 3. The Labute approximate surface area is 158 Å². The monoisotopic (exact) mass is 374 g/mol. The van der Waals surface area contributed by atoms with Crippen molar-refractivity contribution in [3.8, 4) is 5.75 Å². The molecule has 1 aromatic rings. The Balaban J connectivity index is 1.69. The largest absolute Gasteiger partial charge is 0.508 e. The van der Waals surface area contributed by atoms with Gasteiger partial charge in [-0.25, -0.2) is 4.79 Å². The van der Waals surface area contributed by atoms with Crippen LogP contribution in [0.2, 0.25) is 0 Å². The molecule has 0 aromatic heterocycles. The van der Waals surface area contributed by atoms with Crippen molar-refractivity contribution in [3.63, 3.8) is 0 Å². The highest BCUT2D eigenvalue weighted by atomic mass is 16.4. The van der Waals surface area contributed by atoms with Gasteiger partial charge < -0.3 is 20.0 Å². The highest BCUT2D eigenvalue weighted by Crippen LogP contribution is 2.41. The highest BCUT2D eigenvalue weighted by molar-refractivity contribution is 5.96. The van der Waals surface area contributed by atoms with Crippen LogP contribution in [-0.2, 0) is 9.59 Å². The highest BCUT2D eigenvalue weighted by Gasteiger charge is 2.44. The maximum Gasteiger partial charge on any atom is 0.326 e. The molecular weight excluding hydrogens is 348 g/mol. The molecule has 0 bridgehead atoms. The number of likely N-dealkylation sites (tertiary alicyclic amines) is 2. The lowest BCUT2D eigenvalue weighted by molar-refractivity contribution is -0.154. The van der Waals surface area contributed by atoms with Crippen LogP contribution in [0.4, 0.5) is 0 Å². The minimum Gasteiger partial charge on any atom is -0.508 e. The number of hydrogen-bond acceptors (Lipinski definition) is 4. The van der Waals surface area contributed by atoms with Gasteiger partial charge in [-0.2, -0.15) is 0 Å². The van der Waals surface area contributed by atoms with E-state index in [-0.39, 0.29) is 23.0 Å². The van der Waals surface area contributed by atoms with E-state index in [1.165, 1.54) is 4.90 Å². The van der Waals surface area contributed by atoms with Gasteiger partial charge in [-0.3, -0.25) is 9.59 Å². The molecule has 7 heteroatoms. The average molecular weight is 374 g/mol. The fraction of sp³-hybridized carbons (Fsp3) is 0.550. The van der Waals surface area contributed by atoms with Gasteiger partial charge in [-0.05, 0) is 50.7 Å². The lowest BCUT2D eigenvalue weighted by Gasteiger charge is -2.48. The van der Waals surface area contributed by atoms with Crippen LogP contribution in [0.5, 0.6) is 5.75 Å². The predicted octanol–water partition coefficient (Wildman–Crippen LogP) is 2.02. The molecular formula is C20H26N2O5. The van der Waals surface area contributed by atoms with Crippen molar-refractivity contribution in [2.24, 2.45) is 5.41 Å². The second-order valence-corrected chi connectivity index (χ2v) is 7.78. The summed E-state index contributed by atoms with van der Waals surface area (Å²) in [4.78, 5) is 39.6. The molecule has 1 atom stereocenters. The molecule has 2 aliphatic heterocycles. The number of piperidine rings is 2. The minimum atomic E-state index is -0.993. The number of phenols is 1. The van der Waals surface area contributed by atoms with Gasteiger partial charge >= 0.3 is 5.97 Å². The normalized spacial score (nSPS) is 20.6.